The van der Waals surface area contributed by atoms with Gasteiger partial charge in [-0.3, -0.25) is 4.79 Å². The maximum atomic E-state index is 11.0. The molecule has 12 heavy (non-hydrogen) atoms. The van der Waals surface area contributed by atoms with E-state index in [2.05, 4.69) is 0 Å². The minimum absolute atomic E-state index is 0.193. The van der Waals surface area contributed by atoms with Gasteiger partial charge in [0.1, 0.15) is 0 Å². The monoisotopic (exact) mass is 170 g/mol. The Bertz CT molecular complexity index is 160. The van der Waals surface area contributed by atoms with E-state index in [1.165, 1.54) is 0 Å². The second-order valence-electron chi connectivity index (χ2n) is 3.70. The Balaban J connectivity index is 2.34. The van der Waals surface area contributed by atoms with E-state index >= 15 is 0 Å². The Morgan fingerprint density at radius 3 is 2.33 bits per heavy atom. The summed E-state index contributed by atoms with van der Waals surface area (Å²) < 4.78 is 0. The molecule has 0 bridgehead atoms. The van der Waals surface area contributed by atoms with Crippen LogP contribution in [-0.2, 0) is 4.79 Å². The summed E-state index contributed by atoms with van der Waals surface area (Å²) in [5.41, 5.74) is 5.79. The molecule has 0 saturated carbocycles. The lowest BCUT2D eigenvalue weighted by molar-refractivity contribution is -0.130. The van der Waals surface area contributed by atoms with Crippen molar-refractivity contribution in [3.05, 3.63) is 0 Å². The summed E-state index contributed by atoms with van der Waals surface area (Å²) in [5.74, 6) is 0.804. The third kappa shape index (κ3) is 2.21. The molecule has 1 saturated heterocycles. The van der Waals surface area contributed by atoms with Crippen molar-refractivity contribution in [2.24, 2.45) is 11.7 Å². The number of hydrogen-bond donors (Lipinski definition) is 1. The highest BCUT2D eigenvalue weighted by molar-refractivity contribution is 5.73. The zero-order valence-corrected chi connectivity index (χ0v) is 7.92. The van der Waals surface area contributed by atoms with Crippen molar-refractivity contribution >= 4 is 5.91 Å². The van der Waals surface area contributed by atoms with E-state index in [0.29, 0.717) is 5.92 Å². The fraction of sp³-hybridized carbons (Fsp3) is 0.889. The van der Waals surface area contributed by atoms with Gasteiger partial charge < -0.3 is 10.6 Å². The average Bonchev–Trinajstić information content (AvgIpc) is 2.04. The van der Waals surface area contributed by atoms with Crippen molar-refractivity contribution in [1.82, 2.24) is 4.90 Å². The predicted octanol–water partition coefficient (Wildman–Crippen LogP) is 0.592. The van der Waals surface area contributed by atoms with Gasteiger partial charge >= 0.3 is 0 Å². The number of carbonyl (C=O) groups is 1. The first-order valence-corrected chi connectivity index (χ1v) is 4.62. The molecule has 1 fully saturated rings. The van der Waals surface area contributed by atoms with Crippen LogP contribution < -0.4 is 5.73 Å². The van der Waals surface area contributed by atoms with Crippen molar-refractivity contribution < 1.29 is 4.79 Å². The lowest BCUT2D eigenvalue weighted by atomic mass is 9.91. The minimum Gasteiger partial charge on any atom is -0.343 e. The molecule has 3 heteroatoms. The normalized spacial score (nSPS) is 22.4. The quantitative estimate of drug-likeness (QED) is 0.626. The maximum Gasteiger partial charge on any atom is 0.219 e. The summed E-state index contributed by atoms with van der Waals surface area (Å²) in [6.45, 7) is 5.46. The number of nitrogens with zero attached hydrogens (tertiary/aromatic N) is 1. The molecule has 0 spiro atoms. The van der Waals surface area contributed by atoms with Gasteiger partial charge in [0.2, 0.25) is 5.91 Å². The Morgan fingerprint density at radius 2 is 2.00 bits per heavy atom. The summed E-state index contributed by atoms with van der Waals surface area (Å²) in [6.07, 6.45) is 2.13. The van der Waals surface area contributed by atoms with E-state index < -0.39 is 0 Å². The van der Waals surface area contributed by atoms with Crippen LogP contribution in [0.4, 0.5) is 0 Å². The lowest BCUT2D eigenvalue weighted by Gasteiger charge is -2.33. The van der Waals surface area contributed by atoms with Crippen molar-refractivity contribution in [1.29, 1.82) is 0 Å². The molecule has 3 nitrogen and oxygen atoms in total. The first-order chi connectivity index (χ1) is 5.61. The molecule has 1 unspecified atom stereocenters. The predicted molar refractivity (Wildman–Crippen MR) is 48.6 cm³/mol. The Kier molecular flexibility index (Phi) is 3.09. The first-order valence-electron chi connectivity index (χ1n) is 4.62. The van der Waals surface area contributed by atoms with Crippen LogP contribution in [0.5, 0.6) is 0 Å². The van der Waals surface area contributed by atoms with Crippen LogP contribution >= 0.6 is 0 Å². The largest absolute Gasteiger partial charge is 0.343 e. The molecule has 1 heterocycles. The number of likely N-dealkylation sites (tertiary alicyclic amines) is 1. The van der Waals surface area contributed by atoms with Crippen LogP contribution in [-0.4, -0.2) is 29.9 Å². The molecule has 0 aromatic carbocycles. The lowest BCUT2D eigenvalue weighted by Crippen LogP contribution is -2.41. The second-order valence-corrected chi connectivity index (χ2v) is 3.70. The number of hydrogen-bond acceptors (Lipinski definition) is 2. The van der Waals surface area contributed by atoms with E-state index in [0.717, 1.165) is 25.9 Å². The summed E-state index contributed by atoms with van der Waals surface area (Å²) in [6, 6.07) is 0.277. The molecular weight excluding hydrogens is 152 g/mol. The SMILES string of the molecule is CC(=O)N1CCC(C(C)N)CC1. The third-order valence-corrected chi connectivity index (χ3v) is 2.73. The number of rotatable bonds is 1. The van der Waals surface area contributed by atoms with Crippen LogP contribution in [0.2, 0.25) is 0 Å². The van der Waals surface area contributed by atoms with Crippen molar-refractivity contribution in [3.63, 3.8) is 0 Å². The molecule has 70 valence electrons. The Morgan fingerprint density at radius 1 is 1.50 bits per heavy atom. The Hall–Kier alpha value is -0.570. The molecule has 2 N–H and O–H groups in total. The van der Waals surface area contributed by atoms with Crippen molar-refractivity contribution in [2.75, 3.05) is 13.1 Å². The number of piperidine rings is 1. The van der Waals surface area contributed by atoms with Crippen molar-refractivity contribution in [2.45, 2.75) is 32.7 Å². The molecule has 1 aliphatic heterocycles. The fourth-order valence-corrected chi connectivity index (χ4v) is 1.74. The summed E-state index contributed by atoms with van der Waals surface area (Å²) in [5, 5.41) is 0. The van der Waals surface area contributed by atoms with E-state index in [1.54, 1.807) is 6.92 Å². The molecule has 1 rings (SSSR count). The fourth-order valence-electron chi connectivity index (χ4n) is 1.74. The molecule has 1 amide bonds. The number of nitrogens with two attached hydrogens (primary N) is 1. The van der Waals surface area contributed by atoms with Crippen LogP contribution in [0.3, 0.4) is 0 Å². The highest BCUT2D eigenvalue weighted by atomic mass is 16.2. The Labute approximate surface area is 73.9 Å². The zero-order valence-electron chi connectivity index (χ0n) is 7.92. The van der Waals surface area contributed by atoms with Gasteiger partial charge in [-0.25, -0.2) is 0 Å². The molecule has 1 atom stereocenters. The van der Waals surface area contributed by atoms with Crippen LogP contribution in [0.25, 0.3) is 0 Å². The van der Waals surface area contributed by atoms with Gasteiger partial charge in [0.05, 0.1) is 0 Å². The molecule has 0 aromatic rings. The van der Waals surface area contributed by atoms with Crippen LogP contribution in [0.1, 0.15) is 26.7 Å². The van der Waals surface area contributed by atoms with Crippen molar-refractivity contribution in [3.8, 4) is 0 Å². The standard InChI is InChI=1S/C9H18N2O/c1-7(10)9-3-5-11(6-4-9)8(2)12/h7,9H,3-6,10H2,1-2H3. The van der Waals surface area contributed by atoms with E-state index in [-0.39, 0.29) is 11.9 Å². The smallest absolute Gasteiger partial charge is 0.219 e. The second kappa shape index (κ2) is 3.90. The van der Waals surface area contributed by atoms with E-state index in [1.807, 2.05) is 11.8 Å². The topological polar surface area (TPSA) is 46.3 Å². The van der Waals surface area contributed by atoms with E-state index in [4.69, 9.17) is 5.73 Å². The summed E-state index contributed by atoms with van der Waals surface area (Å²) in [4.78, 5) is 12.9. The van der Waals surface area contributed by atoms with Gasteiger partial charge in [0.15, 0.2) is 0 Å². The zero-order chi connectivity index (χ0) is 9.14. The molecule has 0 aromatic heterocycles. The van der Waals surface area contributed by atoms with Gasteiger partial charge in [-0.1, -0.05) is 0 Å². The van der Waals surface area contributed by atoms with Crippen LogP contribution in [0.15, 0.2) is 0 Å². The maximum absolute atomic E-state index is 11.0. The highest BCUT2D eigenvalue weighted by Gasteiger charge is 2.22. The van der Waals surface area contributed by atoms with Gasteiger partial charge in [-0.2, -0.15) is 0 Å². The molecule has 0 aliphatic carbocycles. The van der Waals surface area contributed by atoms with Gasteiger partial charge in [-0.15, -0.1) is 0 Å². The average molecular weight is 170 g/mol. The van der Waals surface area contributed by atoms with Gasteiger partial charge in [0, 0.05) is 26.1 Å². The van der Waals surface area contributed by atoms with Gasteiger partial charge in [-0.05, 0) is 25.7 Å². The molecule has 0 radical (unpaired) electrons. The van der Waals surface area contributed by atoms with Crippen LogP contribution in [0, 0.1) is 5.92 Å². The first kappa shape index (κ1) is 9.52. The minimum atomic E-state index is 0.193. The third-order valence-electron chi connectivity index (χ3n) is 2.73. The van der Waals surface area contributed by atoms with E-state index in [9.17, 15) is 4.79 Å². The number of carbonyl (C=O) groups excluding carboxylic acids is 1. The summed E-state index contributed by atoms with van der Waals surface area (Å²) in [7, 11) is 0. The summed E-state index contributed by atoms with van der Waals surface area (Å²) >= 11 is 0. The molecule has 1 aliphatic rings. The number of amides is 1. The molecular formula is C9H18N2O. The van der Waals surface area contributed by atoms with Gasteiger partial charge in [0.25, 0.3) is 0 Å². The highest BCUT2D eigenvalue weighted by Crippen LogP contribution is 2.19.